The highest BCUT2D eigenvalue weighted by Gasteiger charge is 2.38. The molecule has 4 atom stereocenters. The molecule has 1 heterocycles. The Balaban J connectivity index is 1.96. The second-order valence-corrected chi connectivity index (χ2v) is 7.31. The third-order valence-corrected chi connectivity index (χ3v) is 5.07. The molecular formula is C20H28N4O7. The summed E-state index contributed by atoms with van der Waals surface area (Å²) in [4.78, 5) is 49.8. The van der Waals surface area contributed by atoms with Gasteiger partial charge in [-0.2, -0.15) is 0 Å². The zero-order valence-corrected chi connectivity index (χ0v) is 16.9. The lowest BCUT2D eigenvalue weighted by Crippen LogP contribution is -2.59. The van der Waals surface area contributed by atoms with Gasteiger partial charge in [0.15, 0.2) is 0 Å². The van der Waals surface area contributed by atoms with Crippen molar-refractivity contribution in [1.29, 1.82) is 0 Å². The van der Waals surface area contributed by atoms with E-state index in [1.165, 1.54) is 0 Å². The van der Waals surface area contributed by atoms with E-state index in [0.29, 0.717) is 6.42 Å². The summed E-state index contributed by atoms with van der Waals surface area (Å²) >= 11 is 0. The van der Waals surface area contributed by atoms with E-state index in [4.69, 9.17) is 5.73 Å². The van der Waals surface area contributed by atoms with Crippen LogP contribution in [-0.2, 0) is 25.6 Å². The van der Waals surface area contributed by atoms with Gasteiger partial charge in [-0.15, -0.1) is 0 Å². The summed E-state index contributed by atoms with van der Waals surface area (Å²) in [7, 11) is 0. The summed E-state index contributed by atoms with van der Waals surface area (Å²) in [6.07, 6.45) is 0.987. The van der Waals surface area contributed by atoms with E-state index < -0.39 is 61.1 Å². The molecule has 0 spiro atoms. The number of nitrogens with zero attached hydrogens (tertiary/aromatic N) is 1. The van der Waals surface area contributed by atoms with Crippen molar-refractivity contribution in [2.24, 2.45) is 5.73 Å². The Morgan fingerprint density at radius 2 is 1.65 bits per heavy atom. The van der Waals surface area contributed by atoms with Crippen molar-refractivity contribution in [3.05, 3.63) is 35.9 Å². The van der Waals surface area contributed by atoms with Gasteiger partial charge < -0.3 is 36.6 Å². The molecule has 11 nitrogen and oxygen atoms in total. The number of likely N-dealkylation sites (tertiary alicyclic amines) is 1. The molecule has 1 fully saturated rings. The van der Waals surface area contributed by atoms with Gasteiger partial charge in [-0.3, -0.25) is 14.4 Å². The number of carbonyl (C=O) groups is 4. The van der Waals surface area contributed by atoms with Crippen molar-refractivity contribution in [2.75, 3.05) is 19.8 Å². The van der Waals surface area contributed by atoms with Gasteiger partial charge in [0.05, 0.1) is 19.3 Å². The van der Waals surface area contributed by atoms with Crippen LogP contribution in [0.5, 0.6) is 0 Å². The summed E-state index contributed by atoms with van der Waals surface area (Å²) in [6.45, 7) is -1.34. The molecule has 1 aromatic carbocycles. The van der Waals surface area contributed by atoms with E-state index in [1.807, 2.05) is 6.07 Å². The first kappa shape index (κ1) is 24.3. The molecule has 2 rings (SSSR count). The molecule has 0 bridgehead atoms. The number of carboxylic acid groups (broad SMARTS) is 1. The summed E-state index contributed by atoms with van der Waals surface area (Å²) in [5, 5.41) is 32.9. The first-order chi connectivity index (χ1) is 14.8. The maximum absolute atomic E-state index is 12.6. The van der Waals surface area contributed by atoms with Gasteiger partial charge in [-0.05, 0) is 24.8 Å². The number of amides is 3. The number of nitrogens with two attached hydrogens (primary N) is 1. The molecule has 11 heteroatoms. The molecule has 31 heavy (non-hydrogen) atoms. The van der Waals surface area contributed by atoms with Crippen molar-refractivity contribution in [3.63, 3.8) is 0 Å². The summed E-state index contributed by atoms with van der Waals surface area (Å²) in [5.41, 5.74) is 6.69. The molecule has 0 radical (unpaired) electrons. The highest BCUT2D eigenvalue weighted by atomic mass is 16.4. The molecule has 1 aliphatic rings. The van der Waals surface area contributed by atoms with E-state index in [0.717, 1.165) is 10.5 Å². The van der Waals surface area contributed by atoms with E-state index in [-0.39, 0.29) is 19.4 Å². The monoisotopic (exact) mass is 436 g/mol. The number of aliphatic carboxylic acids is 1. The Hall–Kier alpha value is -3.02. The third-order valence-electron chi connectivity index (χ3n) is 5.07. The van der Waals surface area contributed by atoms with E-state index >= 15 is 0 Å². The number of rotatable bonds is 10. The van der Waals surface area contributed by atoms with Gasteiger partial charge in [0.1, 0.15) is 18.1 Å². The molecule has 1 aliphatic heterocycles. The Bertz CT molecular complexity index is 789. The van der Waals surface area contributed by atoms with Crippen LogP contribution >= 0.6 is 0 Å². The van der Waals surface area contributed by atoms with E-state index in [9.17, 15) is 34.5 Å². The lowest BCUT2D eigenvalue weighted by molar-refractivity contribution is -0.150. The summed E-state index contributed by atoms with van der Waals surface area (Å²) in [6, 6.07) is 4.20. The zero-order chi connectivity index (χ0) is 23.0. The number of nitrogens with one attached hydrogen (secondary N) is 2. The molecule has 170 valence electrons. The minimum atomic E-state index is -1.41. The fourth-order valence-electron chi connectivity index (χ4n) is 3.38. The molecule has 3 amide bonds. The smallest absolute Gasteiger partial charge is 0.326 e. The van der Waals surface area contributed by atoms with Gasteiger partial charge >= 0.3 is 5.97 Å². The lowest BCUT2D eigenvalue weighted by Gasteiger charge is -2.27. The quantitative estimate of drug-likeness (QED) is 0.234. The van der Waals surface area contributed by atoms with E-state index in [2.05, 4.69) is 10.6 Å². The van der Waals surface area contributed by atoms with Crippen molar-refractivity contribution in [2.45, 2.75) is 43.4 Å². The molecule has 0 saturated carbocycles. The molecule has 1 saturated heterocycles. The van der Waals surface area contributed by atoms with Gasteiger partial charge in [0.2, 0.25) is 17.7 Å². The fourth-order valence-corrected chi connectivity index (χ4v) is 3.38. The van der Waals surface area contributed by atoms with Crippen LogP contribution in [0, 0.1) is 0 Å². The van der Waals surface area contributed by atoms with Crippen molar-refractivity contribution >= 4 is 23.7 Å². The first-order valence-corrected chi connectivity index (χ1v) is 9.93. The van der Waals surface area contributed by atoms with Gasteiger partial charge in [0, 0.05) is 6.54 Å². The third kappa shape index (κ3) is 6.48. The van der Waals surface area contributed by atoms with Crippen LogP contribution in [0.4, 0.5) is 0 Å². The van der Waals surface area contributed by atoms with Crippen LogP contribution in [0.2, 0.25) is 0 Å². The average Bonchev–Trinajstić information content (AvgIpc) is 3.26. The average molecular weight is 436 g/mol. The second kappa shape index (κ2) is 11.4. The molecule has 7 N–H and O–H groups in total. The Morgan fingerprint density at radius 1 is 1.03 bits per heavy atom. The van der Waals surface area contributed by atoms with E-state index in [1.54, 1.807) is 24.3 Å². The molecule has 0 aliphatic carbocycles. The first-order valence-electron chi connectivity index (χ1n) is 9.93. The predicted octanol–water partition coefficient (Wildman–Crippen LogP) is -2.41. The SMILES string of the molecule is NC(Cc1ccccc1)C(=O)NC(CO)C(=O)NC(CO)C(=O)N1CCCC1C(=O)O. The Morgan fingerprint density at radius 3 is 2.23 bits per heavy atom. The minimum absolute atomic E-state index is 0.191. The highest BCUT2D eigenvalue weighted by molar-refractivity contribution is 5.94. The number of aliphatic hydroxyl groups excluding tert-OH is 2. The number of aliphatic hydroxyl groups is 2. The molecule has 1 aromatic rings. The maximum Gasteiger partial charge on any atom is 0.326 e. The van der Waals surface area contributed by atoms with Gasteiger partial charge in [-0.25, -0.2) is 4.79 Å². The molecule has 4 unspecified atom stereocenters. The highest BCUT2D eigenvalue weighted by Crippen LogP contribution is 2.18. The van der Waals surface area contributed by atoms with Crippen LogP contribution in [0.1, 0.15) is 18.4 Å². The fraction of sp³-hybridized carbons (Fsp3) is 0.500. The minimum Gasteiger partial charge on any atom is -0.480 e. The van der Waals surface area contributed by atoms with Crippen LogP contribution in [0.15, 0.2) is 30.3 Å². The van der Waals surface area contributed by atoms with Crippen LogP contribution in [-0.4, -0.2) is 87.8 Å². The number of carboxylic acids is 1. The predicted molar refractivity (Wildman–Crippen MR) is 109 cm³/mol. The summed E-state index contributed by atoms with van der Waals surface area (Å²) in [5.74, 6) is -3.48. The van der Waals surface area contributed by atoms with Gasteiger partial charge in [0.25, 0.3) is 0 Å². The normalized spacial score (nSPS) is 18.7. The number of hydrogen-bond donors (Lipinski definition) is 6. The lowest BCUT2D eigenvalue weighted by atomic mass is 10.1. The Labute approximate surface area is 179 Å². The van der Waals surface area contributed by atoms with Crippen LogP contribution in [0.3, 0.4) is 0 Å². The van der Waals surface area contributed by atoms with Crippen molar-refractivity contribution < 1.29 is 34.5 Å². The largest absolute Gasteiger partial charge is 0.480 e. The summed E-state index contributed by atoms with van der Waals surface area (Å²) < 4.78 is 0. The second-order valence-electron chi connectivity index (χ2n) is 7.31. The van der Waals surface area contributed by atoms with Crippen LogP contribution < -0.4 is 16.4 Å². The molecule has 0 aromatic heterocycles. The van der Waals surface area contributed by atoms with Crippen molar-refractivity contribution in [3.8, 4) is 0 Å². The number of hydrogen-bond acceptors (Lipinski definition) is 7. The van der Waals surface area contributed by atoms with Gasteiger partial charge in [-0.1, -0.05) is 30.3 Å². The molecular weight excluding hydrogens is 408 g/mol. The number of carbonyl (C=O) groups excluding carboxylic acids is 3. The maximum atomic E-state index is 12.6. The Kier molecular flexibility index (Phi) is 8.91. The standard InChI is InChI=1S/C20H28N4O7/c21-13(9-12-5-2-1-3-6-12)17(27)22-14(10-25)18(28)23-15(11-26)19(29)24-8-4-7-16(24)20(30)31/h1-3,5-6,13-16,25-26H,4,7-11,21H2,(H,22,27)(H,23,28)(H,30,31). The topological polar surface area (TPSA) is 182 Å². The van der Waals surface area contributed by atoms with Crippen molar-refractivity contribution in [1.82, 2.24) is 15.5 Å². The number of benzene rings is 1. The zero-order valence-electron chi connectivity index (χ0n) is 16.9. The van der Waals surface area contributed by atoms with Crippen LogP contribution in [0.25, 0.3) is 0 Å².